The Morgan fingerprint density at radius 3 is 2.47 bits per heavy atom. The Hall–Kier alpha value is -0.120. The molecule has 0 aromatic rings. The number of nitrogens with zero attached hydrogens (tertiary/aromatic N) is 1. The number of rotatable bonds is 4. The smallest absolute Gasteiger partial charge is 0.0757 e. The number of morpholine rings is 1. The summed E-state index contributed by atoms with van der Waals surface area (Å²) in [4.78, 5) is 2.65. The lowest BCUT2D eigenvalue weighted by molar-refractivity contribution is -0.136. The predicted molar refractivity (Wildman–Crippen MR) is 80.5 cm³/mol. The molecule has 2 aliphatic rings. The van der Waals surface area contributed by atoms with E-state index in [2.05, 4.69) is 38.0 Å². The molecule has 3 nitrogen and oxygen atoms in total. The van der Waals surface area contributed by atoms with Crippen molar-refractivity contribution in [2.75, 3.05) is 33.2 Å². The molecule has 2 rings (SSSR count). The fourth-order valence-electron chi connectivity index (χ4n) is 4.25. The summed E-state index contributed by atoms with van der Waals surface area (Å²) in [6, 6.07) is 0. The molecule has 0 radical (unpaired) electrons. The average molecular weight is 268 g/mol. The lowest BCUT2D eigenvalue weighted by Gasteiger charge is -2.47. The first-order chi connectivity index (χ1) is 8.95. The van der Waals surface area contributed by atoms with E-state index in [0.29, 0.717) is 11.5 Å². The lowest BCUT2D eigenvalue weighted by Crippen LogP contribution is -2.55. The van der Waals surface area contributed by atoms with Gasteiger partial charge in [0.25, 0.3) is 0 Å². The van der Waals surface area contributed by atoms with Crippen LogP contribution in [0.4, 0.5) is 0 Å². The maximum absolute atomic E-state index is 6.03. The van der Waals surface area contributed by atoms with Gasteiger partial charge < -0.3 is 10.1 Å². The standard InChI is InChI=1S/C16H32N2O/c1-14-10-18(12-15(2,3)19-14)13-16(11-17-4)8-6-5-7-9-16/h14,17H,5-13H2,1-4H3. The third kappa shape index (κ3) is 4.17. The van der Waals surface area contributed by atoms with Crippen molar-refractivity contribution in [3.8, 4) is 0 Å². The monoisotopic (exact) mass is 268 g/mol. The molecule has 3 heteroatoms. The highest BCUT2D eigenvalue weighted by Crippen LogP contribution is 2.37. The Bertz CT molecular complexity index is 279. The fourth-order valence-corrected chi connectivity index (χ4v) is 4.25. The molecule has 1 unspecified atom stereocenters. The predicted octanol–water partition coefficient (Wildman–Crippen LogP) is 2.66. The van der Waals surface area contributed by atoms with Gasteiger partial charge in [-0.2, -0.15) is 0 Å². The molecule has 19 heavy (non-hydrogen) atoms. The second-order valence-corrected chi connectivity index (χ2v) is 7.45. The van der Waals surface area contributed by atoms with E-state index < -0.39 is 0 Å². The summed E-state index contributed by atoms with van der Waals surface area (Å²) in [6.07, 6.45) is 7.38. The largest absolute Gasteiger partial charge is 0.370 e. The van der Waals surface area contributed by atoms with Crippen LogP contribution in [0.1, 0.15) is 52.9 Å². The highest BCUT2D eigenvalue weighted by molar-refractivity contribution is 4.91. The molecular weight excluding hydrogens is 236 g/mol. The van der Waals surface area contributed by atoms with E-state index in [0.717, 1.165) is 13.1 Å². The van der Waals surface area contributed by atoms with Crippen LogP contribution in [0.5, 0.6) is 0 Å². The summed E-state index contributed by atoms with van der Waals surface area (Å²) >= 11 is 0. The first kappa shape index (κ1) is 15.3. The SMILES string of the molecule is CNCC1(CN2CC(C)OC(C)(C)C2)CCCCC1. The molecule has 1 saturated heterocycles. The van der Waals surface area contributed by atoms with Crippen molar-refractivity contribution in [3.63, 3.8) is 0 Å². The normalized spacial score (nSPS) is 31.3. The summed E-state index contributed by atoms with van der Waals surface area (Å²) in [5, 5.41) is 3.44. The Kier molecular flexibility index (Phi) is 4.91. The summed E-state index contributed by atoms with van der Waals surface area (Å²) in [7, 11) is 2.10. The van der Waals surface area contributed by atoms with Gasteiger partial charge in [-0.1, -0.05) is 19.3 Å². The van der Waals surface area contributed by atoms with E-state index in [1.807, 2.05) is 0 Å². The van der Waals surface area contributed by atoms with Crippen molar-refractivity contribution < 1.29 is 4.74 Å². The third-order valence-electron chi connectivity index (χ3n) is 4.66. The maximum Gasteiger partial charge on any atom is 0.0757 e. The van der Waals surface area contributed by atoms with Crippen molar-refractivity contribution in [1.29, 1.82) is 0 Å². The minimum absolute atomic E-state index is 0.00711. The van der Waals surface area contributed by atoms with E-state index in [-0.39, 0.29) is 5.60 Å². The van der Waals surface area contributed by atoms with Crippen LogP contribution >= 0.6 is 0 Å². The molecule has 1 atom stereocenters. The molecule has 1 aliphatic heterocycles. The zero-order chi connectivity index (χ0) is 13.9. The highest BCUT2D eigenvalue weighted by atomic mass is 16.5. The Labute approximate surface area is 119 Å². The number of hydrogen-bond acceptors (Lipinski definition) is 3. The molecule has 0 amide bonds. The number of nitrogens with one attached hydrogen (secondary N) is 1. The molecule has 1 saturated carbocycles. The second kappa shape index (κ2) is 6.11. The van der Waals surface area contributed by atoms with Crippen LogP contribution in [-0.2, 0) is 4.74 Å². The van der Waals surface area contributed by atoms with Gasteiger partial charge in [0.15, 0.2) is 0 Å². The van der Waals surface area contributed by atoms with Gasteiger partial charge in [-0.15, -0.1) is 0 Å². The Morgan fingerprint density at radius 2 is 1.89 bits per heavy atom. The second-order valence-electron chi connectivity index (χ2n) is 7.45. The zero-order valence-corrected chi connectivity index (χ0v) is 13.3. The van der Waals surface area contributed by atoms with E-state index in [9.17, 15) is 0 Å². The van der Waals surface area contributed by atoms with Gasteiger partial charge in [0.1, 0.15) is 0 Å². The van der Waals surface area contributed by atoms with Crippen LogP contribution in [0.15, 0.2) is 0 Å². The van der Waals surface area contributed by atoms with Gasteiger partial charge in [-0.25, -0.2) is 0 Å². The molecule has 0 spiro atoms. The number of ether oxygens (including phenoxy) is 1. The number of hydrogen-bond donors (Lipinski definition) is 1. The molecule has 1 aliphatic carbocycles. The molecule has 0 bridgehead atoms. The molecule has 2 fully saturated rings. The van der Waals surface area contributed by atoms with Crippen LogP contribution < -0.4 is 5.32 Å². The molecule has 1 N–H and O–H groups in total. The first-order valence-electron chi connectivity index (χ1n) is 8.00. The molecule has 0 aromatic carbocycles. The molecule has 112 valence electrons. The van der Waals surface area contributed by atoms with Crippen LogP contribution in [0, 0.1) is 5.41 Å². The van der Waals surface area contributed by atoms with Crippen molar-refractivity contribution in [2.45, 2.75) is 64.6 Å². The Morgan fingerprint density at radius 1 is 1.21 bits per heavy atom. The lowest BCUT2D eigenvalue weighted by atomic mass is 9.73. The molecule has 0 aromatic heterocycles. The fraction of sp³-hybridized carbons (Fsp3) is 1.00. The van der Waals surface area contributed by atoms with E-state index >= 15 is 0 Å². The van der Waals surface area contributed by atoms with Crippen molar-refractivity contribution in [3.05, 3.63) is 0 Å². The van der Waals surface area contributed by atoms with Gasteiger partial charge >= 0.3 is 0 Å². The summed E-state index contributed by atoms with van der Waals surface area (Å²) < 4.78 is 6.03. The van der Waals surface area contributed by atoms with E-state index in [1.54, 1.807) is 0 Å². The van der Waals surface area contributed by atoms with Gasteiger partial charge in [0.2, 0.25) is 0 Å². The maximum atomic E-state index is 6.03. The minimum Gasteiger partial charge on any atom is -0.370 e. The van der Waals surface area contributed by atoms with E-state index in [1.165, 1.54) is 45.2 Å². The van der Waals surface area contributed by atoms with Crippen molar-refractivity contribution in [2.24, 2.45) is 5.41 Å². The summed E-state index contributed by atoms with van der Waals surface area (Å²) in [5.41, 5.74) is 0.507. The van der Waals surface area contributed by atoms with Crippen LogP contribution in [0.25, 0.3) is 0 Å². The van der Waals surface area contributed by atoms with Gasteiger partial charge in [-0.3, -0.25) is 4.90 Å². The average Bonchev–Trinajstić information content (AvgIpc) is 2.27. The van der Waals surface area contributed by atoms with Crippen LogP contribution in [0.3, 0.4) is 0 Å². The minimum atomic E-state index is 0.00711. The zero-order valence-electron chi connectivity index (χ0n) is 13.3. The Balaban J connectivity index is 2.00. The summed E-state index contributed by atoms with van der Waals surface area (Å²) in [6.45, 7) is 11.2. The van der Waals surface area contributed by atoms with Crippen LogP contribution in [0.2, 0.25) is 0 Å². The first-order valence-corrected chi connectivity index (χ1v) is 8.00. The highest BCUT2D eigenvalue weighted by Gasteiger charge is 2.38. The third-order valence-corrected chi connectivity index (χ3v) is 4.66. The van der Waals surface area contributed by atoms with Gasteiger partial charge in [0.05, 0.1) is 11.7 Å². The van der Waals surface area contributed by atoms with Gasteiger partial charge in [0, 0.05) is 26.2 Å². The topological polar surface area (TPSA) is 24.5 Å². The van der Waals surface area contributed by atoms with Crippen LogP contribution in [-0.4, -0.2) is 49.8 Å². The molecule has 1 heterocycles. The summed E-state index contributed by atoms with van der Waals surface area (Å²) in [5.74, 6) is 0. The van der Waals surface area contributed by atoms with Crippen molar-refractivity contribution in [1.82, 2.24) is 10.2 Å². The van der Waals surface area contributed by atoms with Gasteiger partial charge in [-0.05, 0) is 46.1 Å². The van der Waals surface area contributed by atoms with E-state index in [4.69, 9.17) is 4.74 Å². The van der Waals surface area contributed by atoms with Crippen molar-refractivity contribution >= 4 is 0 Å². The molecular formula is C16H32N2O. The quantitative estimate of drug-likeness (QED) is 0.848.